The van der Waals surface area contributed by atoms with Crippen molar-refractivity contribution in [2.45, 2.75) is 25.9 Å². The highest BCUT2D eigenvalue weighted by Crippen LogP contribution is 2.24. The molecule has 0 aliphatic carbocycles. The van der Waals surface area contributed by atoms with E-state index in [0.717, 1.165) is 5.56 Å². The fraction of sp³-hybridized carbons (Fsp3) is 0.250. The smallest absolute Gasteiger partial charge is 0.261 e. The van der Waals surface area contributed by atoms with Crippen LogP contribution in [-0.2, 0) is 6.54 Å². The zero-order valence-corrected chi connectivity index (χ0v) is 15.8. The van der Waals surface area contributed by atoms with E-state index in [4.69, 9.17) is 5.73 Å². The topological polar surface area (TPSA) is 92.5 Å². The molecule has 7 heteroatoms. The number of hydrogen-bond acceptors (Lipinski definition) is 4. The molecule has 1 heterocycles. The molecule has 0 fully saturated rings. The van der Waals surface area contributed by atoms with Crippen LogP contribution < -0.4 is 11.1 Å². The van der Waals surface area contributed by atoms with Crippen molar-refractivity contribution >= 4 is 30.1 Å². The first kappa shape index (κ1) is 20.6. The highest BCUT2D eigenvalue weighted by atomic mass is 35.5. The van der Waals surface area contributed by atoms with E-state index >= 15 is 0 Å². The van der Waals surface area contributed by atoms with Gasteiger partial charge in [-0.25, -0.2) is 0 Å². The molecular weight excluding hydrogens is 366 g/mol. The van der Waals surface area contributed by atoms with Crippen LogP contribution >= 0.6 is 12.4 Å². The lowest BCUT2D eigenvalue weighted by molar-refractivity contribution is 0.0642. The number of rotatable bonds is 6. The molecule has 142 valence electrons. The monoisotopic (exact) mass is 387 g/mol. The summed E-state index contributed by atoms with van der Waals surface area (Å²) in [6.45, 7) is 2.52. The molecule has 6 nitrogen and oxygen atoms in total. The van der Waals surface area contributed by atoms with Crippen LogP contribution in [0.25, 0.3) is 0 Å². The van der Waals surface area contributed by atoms with E-state index in [1.54, 1.807) is 48.5 Å². The van der Waals surface area contributed by atoms with Gasteiger partial charge in [0.25, 0.3) is 17.7 Å². The highest BCUT2D eigenvalue weighted by molar-refractivity contribution is 6.21. The van der Waals surface area contributed by atoms with Gasteiger partial charge in [-0.1, -0.05) is 24.3 Å². The maximum absolute atomic E-state index is 12.4. The molecule has 3 amide bonds. The average molecular weight is 388 g/mol. The highest BCUT2D eigenvalue weighted by Gasteiger charge is 2.34. The number of benzene rings is 2. The van der Waals surface area contributed by atoms with Gasteiger partial charge in [-0.2, -0.15) is 0 Å². The van der Waals surface area contributed by atoms with E-state index < -0.39 is 0 Å². The lowest BCUT2D eigenvalue weighted by Crippen LogP contribution is -2.30. The van der Waals surface area contributed by atoms with Gasteiger partial charge in [0.1, 0.15) is 0 Å². The van der Waals surface area contributed by atoms with Crippen LogP contribution in [0, 0.1) is 0 Å². The Labute approximate surface area is 164 Å². The number of halogens is 1. The zero-order chi connectivity index (χ0) is 18.7. The van der Waals surface area contributed by atoms with Crippen LogP contribution in [0.4, 0.5) is 0 Å². The van der Waals surface area contributed by atoms with Gasteiger partial charge in [0.2, 0.25) is 0 Å². The Kier molecular flexibility index (Phi) is 6.71. The molecular formula is C20H22ClN3O3. The first-order valence-corrected chi connectivity index (χ1v) is 8.55. The molecule has 0 saturated heterocycles. The molecule has 1 atom stereocenters. The largest absolute Gasteiger partial charge is 0.352 e. The van der Waals surface area contributed by atoms with Crippen LogP contribution in [0.1, 0.15) is 50.0 Å². The minimum absolute atomic E-state index is 0. The maximum Gasteiger partial charge on any atom is 0.261 e. The van der Waals surface area contributed by atoms with Crippen LogP contribution in [0.5, 0.6) is 0 Å². The normalized spacial score (nSPS) is 13.8. The van der Waals surface area contributed by atoms with Crippen molar-refractivity contribution in [1.29, 1.82) is 0 Å². The molecule has 2 aromatic rings. The minimum atomic E-state index is -0.308. The van der Waals surface area contributed by atoms with Gasteiger partial charge < -0.3 is 11.1 Å². The van der Waals surface area contributed by atoms with Crippen LogP contribution in [0.3, 0.4) is 0 Å². The second-order valence-corrected chi connectivity index (χ2v) is 6.46. The van der Waals surface area contributed by atoms with E-state index in [0.29, 0.717) is 29.7 Å². The number of nitrogens with one attached hydrogen (secondary N) is 1. The van der Waals surface area contributed by atoms with E-state index in [9.17, 15) is 14.4 Å². The first-order chi connectivity index (χ1) is 12.5. The van der Waals surface area contributed by atoms with Crippen molar-refractivity contribution in [2.75, 3.05) is 6.54 Å². The molecule has 0 bridgehead atoms. The molecule has 0 saturated carbocycles. The Morgan fingerprint density at radius 2 is 1.70 bits per heavy atom. The summed E-state index contributed by atoms with van der Waals surface area (Å²) in [6.07, 6.45) is 0.695. The number of nitrogens with two attached hydrogens (primary N) is 1. The van der Waals surface area contributed by atoms with Crippen molar-refractivity contribution in [1.82, 2.24) is 10.2 Å². The van der Waals surface area contributed by atoms with Gasteiger partial charge in [0.15, 0.2) is 0 Å². The van der Waals surface area contributed by atoms with Gasteiger partial charge in [0.05, 0.1) is 17.7 Å². The molecule has 1 aliphatic rings. The van der Waals surface area contributed by atoms with Crippen molar-refractivity contribution in [2.24, 2.45) is 5.73 Å². The number of fused-ring (bicyclic) bond motifs is 1. The van der Waals surface area contributed by atoms with Gasteiger partial charge in [0, 0.05) is 18.2 Å². The van der Waals surface area contributed by atoms with Crippen molar-refractivity contribution < 1.29 is 14.4 Å². The molecule has 1 aliphatic heterocycles. The summed E-state index contributed by atoms with van der Waals surface area (Å²) in [7, 11) is 0. The maximum atomic E-state index is 12.4. The Morgan fingerprint density at radius 3 is 2.30 bits per heavy atom. The summed E-state index contributed by atoms with van der Waals surface area (Å²) < 4.78 is 0. The third-order valence-electron chi connectivity index (χ3n) is 4.29. The third kappa shape index (κ3) is 4.53. The van der Waals surface area contributed by atoms with Crippen LogP contribution in [-0.4, -0.2) is 35.2 Å². The molecule has 27 heavy (non-hydrogen) atoms. The van der Waals surface area contributed by atoms with Crippen molar-refractivity contribution in [3.05, 3.63) is 70.8 Å². The number of carbonyl (C=O) groups is 3. The average Bonchev–Trinajstić information content (AvgIpc) is 2.87. The SMILES string of the molecule is CC(N)CCNC(=O)c1cccc(CN2C(=O)c3ccccc3C2=O)c1.Cl. The summed E-state index contributed by atoms with van der Waals surface area (Å²) in [4.78, 5) is 38.3. The Bertz CT molecular complexity index is 832. The van der Waals surface area contributed by atoms with Crippen LogP contribution in [0.15, 0.2) is 48.5 Å². The summed E-state index contributed by atoms with van der Waals surface area (Å²) in [5.41, 5.74) is 7.72. The van der Waals surface area contributed by atoms with Gasteiger partial charge in [-0.3, -0.25) is 19.3 Å². The Hall–Kier alpha value is -2.70. The summed E-state index contributed by atoms with van der Waals surface area (Å²) in [5.74, 6) is -0.815. The number of carbonyl (C=O) groups excluding carboxylic acids is 3. The standard InChI is InChI=1S/C20H21N3O3.ClH/c1-13(21)9-10-22-18(24)15-6-4-5-14(11-15)12-23-19(25)16-7-2-3-8-17(16)20(23)26;/h2-8,11,13H,9-10,12,21H2,1H3,(H,22,24);1H. The quantitative estimate of drug-likeness (QED) is 0.744. The Balaban J connectivity index is 0.00000261. The van der Waals surface area contributed by atoms with E-state index in [1.807, 2.05) is 6.92 Å². The number of amides is 3. The fourth-order valence-corrected chi connectivity index (χ4v) is 2.89. The van der Waals surface area contributed by atoms with Gasteiger partial charge >= 0.3 is 0 Å². The van der Waals surface area contributed by atoms with Gasteiger partial charge in [-0.15, -0.1) is 12.4 Å². The zero-order valence-electron chi connectivity index (χ0n) is 15.0. The molecule has 2 aromatic carbocycles. The van der Waals surface area contributed by atoms with Crippen molar-refractivity contribution in [3.8, 4) is 0 Å². The third-order valence-corrected chi connectivity index (χ3v) is 4.29. The second-order valence-electron chi connectivity index (χ2n) is 6.46. The molecule has 1 unspecified atom stereocenters. The molecule has 3 N–H and O–H groups in total. The lowest BCUT2D eigenvalue weighted by Gasteiger charge is -2.14. The van der Waals surface area contributed by atoms with Crippen molar-refractivity contribution in [3.63, 3.8) is 0 Å². The molecule has 3 rings (SSSR count). The second kappa shape index (κ2) is 8.79. The van der Waals surface area contributed by atoms with E-state index in [-0.39, 0.29) is 42.7 Å². The molecule has 0 spiro atoms. The predicted octanol–water partition coefficient (Wildman–Crippen LogP) is 2.37. The summed E-state index contributed by atoms with van der Waals surface area (Å²) in [6, 6.07) is 13.7. The lowest BCUT2D eigenvalue weighted by atomic mass is 10.1. The number of imide groups is 1. The van der Waals surface area contributed by atoms with Crippen LogP contribution in [0.2, 0.25) is 0 Å². The fourth-order valence-electron chi connectivity index (χ4n) is 2.89. The van der Waals surface area contributed by atoms with E-state index in [2.05, 4.69) is 5.32 Å². The number of nitrogens with zero attached hydrogens (tertiary/aromatic N) is 1. The summed E-state index contributed by atoms with van der Waals surface area (Å²) in [5, 5.41) is 2.82. The minimum Gasteiger partial charge on any atom is -0.352 e. The Morgan fingerprint density at radius 1 is 1.07 bits per heavy atom. The van der Waals surface area contributed by atoms with Gasteiger partial charge in [-0.05, 0) is 43.2 Å². The summed E-state index contributed by atoms with van der Waals surface area (Å²) >= 11 is 0. The predicted molar refractivity (Wildman–Crippen MR) is 105 cm³/mol. The first-order valence-electron chi connectivity index (χ1n) is 8.55. The van der Waals surface area contributed by atoms with E-state index in [1.165, 1.54) is 4.90 Å². The molecule has 0 aromatic heterocycles. The molecule has 0 radical (unpaired) electrons. The number of hydrogen-bond donors (Lipinski definition) is 2.